The Bertz CT molecular complexity index is 247. The van der Waals surface area contributed by atoms with Gasteiger partial charge in [0.1, 0.15) is 0 Å². The SMILES string of the molecule is CCOC(OCC)C1=C(C)CCCC1(C)C. The normalized spacial score (nSPS) is 20.6. The van der Waals surface area contributed by atoms with E-state index < -0.39 is 0 Å². The minimum absolute atomic E-state index is 0.134. The molecular formula is C14H26O2. The van der Waals surface area contributed by atoms with Crippen LogP contribution in [-0.2, 0) is 9.47 Å². The maximum atomic E-state index is 5.75. The van der Waals surface area contributed by atoms with Crippen molar-refractivity contribution in [3.05, 3.63) is 11.1 Å². The Morgan fingerprint density at radius 3 is 2.19 bits per heavy atom. The molecule has 1 rings (SSSR count). The maximum absolute atomic E-state index is 5.75. The second-order valence-electron chi connectivity index (χ2n) is 5.17. The fourth-order valence-corrected chi connectivity index (χ4v) is 2.68. The van der Waals surface area contributed by atoms with Gasteiger partial charge in [-0.2, -0.15) is 0 Å². The van der Waals surface area contributed by atoms with Gasteiger partial charge < -0.3 is 9.47 Å². The van der Waals surface area contributed by atoms with E-state index in [0.717, 1.165) is 0 Å². The molecule has 0 heterocycles. The van der Waals surface area contributed by atoms with Crippen molar-refractivity contribution in [1.29, 1.82) is 0 Å². The molecule has 0 spiro atoms. The molecule has 0 atom stereocenters. The van der Waals surface area contributed by atoms with Crippen molar-refractivity contribution in [2.24, 2.45) is 5.41 Å². The topological polar surface area (TPSA) is 18.5 Å². The van der Waals surface area contributed by atoms with Crippen LogP contribution in [0.3, 0.4) is 0 Å². The highest BCUT2D eigenvalue weighted by molar-refractivity contribution is 5.24. The van der Waals surface area contributed by atoms with Crippen molar-refractivity contribution in [2.45, 2.75) is 60.2 Å². The molecule has 0 unspecified atom stereocenters. The number of ether oxygens (including phenoxy) is 2. The van der Waals surface area contributed by atoms with E-state index in [1.54, 1.807) is 0 Å². The van der Waals surface area contributed by atoms with Crippen LogP contribution in [0, 0.1) is 5.41 Å². The van der Waals surface area contributed by atoms with Gasteiger partial charge in [-0.25, -0.2) is 0 Å². The molecule has 0 fully saturated rings. The third-order valence-corrected chi connectivity index (χ3v) is 3.41. The molecule has 1 aliphatic carbocycles. The van der Waals surface area contributed by atoms with E-state index >= 15 is 0 Å². The number of hydrogen-bond donors (Lipinski definition) is 0. The van der Waals surface area contributed by atoms with E-state index in [9.17, 15) is 0 Å². The van der Waals surface area contributed by atoms with E-state index in [4.69, 9.17) is 9.47 Å². The van der Waals surface area contributed by atoms with Crippen LogP contribution in [0.5, 0.6) is 0 Å². The predicted molar refractivity (Wildman–Crippen MR) is 67.4 cm³/mol. The van der Waals surface area contributed by atoms with Crippen molar-refractivity contribution in [3.63, 3.8) is 0 Å². The first-order chi connectivity index (χ1) is 7.53. The van der Waals surface area contributed by atoms with Gasteiger partial charge in [0.05, 0.1) is 0 Å². The number of hydrogen-bond acceptors (Lipinski definition) is 2. The molecule has 0 radical (unpaired) electrons. The lowest BCUT2D eigenvalue weighted by molar-refractivity contribution is -0.121. The highest BCUT2D eigenvalue weighted by Gasteiger charge is 2.34. The quantitative estimate of drug-likeness (QED) is 0.522. The van der Waals surface area contributed by atoms with Crippen LogP contribution in [0.1, 0.15) is 53.9 Å². The van der Waals surface area contributed by atoms with Gasteiger partial charge in [-0.1, -0.05) is 19.4 Å². The molecule has 0 N–H and O–H groups in total. The zero-order valence-electron chi connectivity index (χ0n) is 11.4. The maximum Gasteiger partial charge on any atom is 0.180 e. The third kappa shape index (κ3) is 3.08. The molecule has 2 nitrogen and oxygen atoms in total. The monoisotopic (exact) mass is 226 g/mol. The summed E-state index contributed by atoms with van der Waals surface area (Å²) in [5.74, 6) is 0. The summed E-state index contributed by atoms with van der Waals surface area (Å²) in [7, 11) is 0. The zero-order chi connectivity index (χ0) is 12.2. The van der Waals surface area contributed by atoms with Crippen molar-refractivity contribution < 1.29 is 9.47 Å². The molecule has 94 valence electrons. The summed E-state index contributed by atoms with van der Waals surface area (Å²) in [6.45, 7) is 12.3. The predicted octanol–water partition coefficient (Wildman–Crippen LogP) is 3.91. The molecule has 16 heavy (non-hydrogen) atoms. The molecule has 0 bridgehead atoms. The Hall–Kier alpha value is -0.340. The summed E-state index contributed by atoms with van der Waals surface area (Å²) in [5, 5.41) is 0. The fourth-order valence-electron chi connectivity index (χ4n) is 2.68. The molecular weight excluding hydrogens is 200 g/mol. The summed E-state index contributed by atoms with van der Waals surface area (Å²) in [5.41, 5.74) is 3.06. The van der Waals surface area contributed by atoms with Gasteiger partial charge in [0.15, 0.2) is 6.29 Å². The Labute approximate surface area is 100 Å². The molecule has 0 saturated carbocycles. The van der Waals surface area contributed by atoms with Crippen LogP contribution in [0.2, 0.25) is 0 Å². The lowest BCUT2D eigenvalue weighted by atomic mass is 9.72. The van der Waals surface area contributed by atoms with E-state index in [-0.39, 0.29) is 11.7 Å². The smallest absolute Gasteiger partial charge is 0.180 e. The number of rotatable bonds is 5. The largest absolute Gasteiger partial charge is 0.349 e. The number of allylic oxidation sites excluding steroid dienone is 1. The Morgan fingerprint density at radius 1 is 1.19 bits per heavy atom. The molecule has 2 heteroatoms. The molecule has 0 aromatic heterocycles. The van der Waals surface area contributed by atoms with Crippen LogP contribution in [0.25, 0.3) is 0 Å². The second-order valence-corrected chi connectivity index (χ2v) is 5.17. The van der Waals surface area contributed by atoms with Gasteiger partial charge in [-0.15, -0.1) is 0 Å². The summed E-state index contributed by atoms with van der Waals surface area (Å²) in [6, 6.07) is 0. The average molecular weight is 226 g/mol. The average Bonchev–Trinajstić information content (AvgIpc) is 2.16. The van der Waals surface area contributed by atoms with Crippen LogP contribution in [0.4, 0.5) is 0 Å². The fraction of sp³-hybridized carbons (Fsp3) is 0.857. The third-order valence-electron chi connectivity index (χ3n) is 3.41. The molecule has 0 saturated heterocycles. The Kier molecular flexibility index (Phi) is 5.00. The standard InChI is InChI=1S/C14H26O2/c1-6-15-13(16-7-2)12-11(3)9-8-10-14(12,4)5/h13H,6-10H2,1-5H3. The summed E-state index contributed by atoms with van der Waals surface area (Å²) >= 11 is 0. The Balaban J connectivity index is 2.94. The van der Waals surface area contributed by atoms with E-state index in [1.807, 2.05) is 13.8 Å². The van der Waals surface area contributed by atoms with Crippen molar-refractivity contribution in [3.8, 4) is 0 Å². The van der Waals surface area contributed by atoms with Gasteiger partial charge in [-0.05, 0) is 51.0 Å². The van der Waals surface area contributed by atoms with E-state index in [0.29, 0.717) is 13.2 Å². The highest BCUT2D eigenvalue weighted by Crippen LogP contribution is 2.42. The second kappa shape index (κ2) is 5.83. The van der Waals surface area contributed by atoms with E-state index in [1.165, 1.54) is 30.4 Å². The van der Waals surface area contributed by atoms with Crippen molar-refractivity contribution in [1.82, 2.24) is 0 Å². The summed E-state index contributed by atoms with van der Waals surface area (Å²) < 4.78 is 11.5. The molecule has 1 aliphatic rings. The Morgan fingerprint density at radius 2 is 1.75 bits per heavy atom. The lowest BCUT2D eigenvalue weighted by Gasteiger charge is -2.38. The van der Waals surface area contributed by atoms with Gasteiger partial charge in [0.25, 0.3) is 0 Å². The van der Waals surface area contributed by atoms with Crippen LogP contribution < -0.4 is 0 Å². The van der Waals surface area contributed by atoms with Crippen LogP contribution in [0.15, 0.2) is 11.1 Å². The van der Waals surface area contributed by atoms with Gasteiger partial charge in [-0.3, -0.25) is 0 Å². The van der Waals surface area contributed by atoms with Crippen molar-refractivity contribution in [2.75, 3.05) is 13.2 Å². The summed E-state index contributed by atoms with van der Waals surface area (Å²) in [6.07, 6.45) is 3.57. The zero-order valence-corrected chi connectivity index (χ0v) is 11.4. The van der Waals surface area contributed by atoms with Gasteiger partial charge >= 0.3 is 0 Å². The molecule has 0 aromatic rings. The first kappa shape index (κ1) is 13.7. The van der Waals surface area contributed by atoms with Gasteiger partial charge in [0, 0.05) is 13.2 Å². The van der Waals surface area contributed by atoms with Crippen LogP contribution >= 0.6 is 0 Å². The minimum atomic E-state index is -0.134. The molecule has 0 aliphatic heterocycles. The lowest BCUT2D eigenvalue weighted by Crippen LogP contribution is -2.32. The highest BCUT2D eigenvalue weighted by atomic mass is 16.7. The first-order valence-electron chi connectivity index (χ1n) is 6.46. The van der Waals surface area contributed by atoms with Crippen molar-refractivity contribution >= 4 is 0 Å². The van der Waals surface area contributed by atoms with Crippen LogP contribution in [-0.4, -0.2) is 19.5 Å². The minimum Gasteiger partial charge on any atom is -0.349 e. The summed E-state index contributed by atoms with van der Waals surface area (Å²) in [4.78, 5) is 0. The van der Waals surface area contributed by atoms with E-state index in [2.05, 4.69) is 20.8 Å². The molecule has 0 aromatic carbocycles. The first-order valence-corrected chi connectivity index (χ1v) is 6.46. The molecule has 0 amide bonds. The van der Waals surface area contributed by atoms with Gasteiger partial charge in [0.2, 0.25) is 0 Å².